The topological polar surface area (TPSA) is 66.6 Å². The number of carbonyl (C=O) groups excluding carboxylic acids is 2. The zero-order chi connectivity index (χ0) is 15.6. The van der Waals surface area contributed by atoms with Crippen molar-refractivity contribution < 1.29 is 9.59 Å². The van der Waals surface area contributed by atoms with Gasteiger partial charge in [0.05, 0.1) is 5.92 Å². The molecule has 1 aromatic rings. The lowest BCUT2D eigenvalue weighted by Gasteiger charge is -2.16. The van der Waals surface area contributed by atoms with Crippen LogP contribution in [0.2, 0.25) is 0 Å². The van der Waals surface area contributed by atoms with E-state index in [1.54, 1.807) is 19.0 Å². The van der Waals surface area contributed by atoms with E-state index in [-0.39, 0.29) is 23.7 Å². The van der Waals surface area contributed by atoms with Gasteiger partial charge in [-0.2, -0.15) is 0 Å². The minimum atomic E-state index is -0.221. The molecule has 2 N–H and O–H groups in total. The molecule has 21 heavy (non-hydrogen) atoms. The number of likely N-dealkylation sites (tertiary alicyclic amines) is 1. The highest BCUT2D eigenvalue weighted by molar-refractivity contribution is 5.94. The van der Waals surface area contributed by atoms with Crippen LogP contribution in [-0.4, -0.2) is 48.8 Å². The maximum atomic E-state index is 12.0. The third-order valence-electron chi connectivity index (χ3n) is 4.04. The predicted molar refractivity (Wildman–Crippen MR) is 81.6 cm³/mol. The van der Waals surface area contributed by atoms with Crippen LogP contribution in [0.5, 0.6) is 0 Å². The Balaban J connectivity index is 2.06. The van der Waals surface area contributed by atoms with Gasteiger partial charge in [-0.25, -0.2) is 0 Å². The van der Waals surface area contributed by atoms with Crippen molar-refractivity contribution in [1.29, 1.82) is 0 Å². The van der Waals surface area contributed by atoms with Crippen LogP contribution in [0.1, 0.15) is 22.8 Å². The maximum absolute atomic E-state index is 12.0. The molecule has 114 valence electrons. The molecular weight excluding hydrogens is 266 g/mol. The molecule has 0 unspecified atom stereocenters. The van der Waals surface area contributed by atoms with Gasteiger partial charge in [-0.05, 0) is 23.6 Å². The highest BCUT2D eigenvalue weighted by atomic mass is 16.2. The standard InChI is InChI=1S/C16H23N3O2/c1-11-8-19(10-14(11)15(17)20)9-12-5-4-6-13(7-12)16(21)18(2)3/h4-7,11,14H,8-10H2,1-3H3,(H2,17,20)/t11-,14-/m1/s1. The number of hydrogen-bond acceptors (Lipinski definition) is 3. The predicted octanol–water partition coefficient (Wildman–Crippen LogP) is 0.942. The second-order valence-electron chi connectivity index (χ2n) is 6.08. The first-order valence-electron chi connectivity index (χ1n) is 7.20. The van der Waals surface area contributed by atoms with E-state index in [4.69, 9.17) is 5.73 Å². The first-order valence-corrected chi connectivity index (χ1v) is 7.20. The van der Waals surface area contributed by atoms with Crippen LogP contribution < -0.4 is 5.73 Å². The molecule has 2 amide bonds. The number of nitrogens with two attached hydrogens (primary N) is 1. The molecule has 5 heteroatoms. The van der Waals surface area contributed by atoms with E-state index in [1.807, 2.05) is 24.3 Å². The van der Waals surface area contributed by atoms with Gasteiger partial charge in [-0.1, -0.05) is 19.1 Å². The molecule has 1 fully saturated rings. The molecule has 0 radical (unpaired) electrons. The lowest BCUT2D eigenvalue weighted by molar-refractivity contribution is -0.122. The largest absolute Gasteiger partial charge is 0.369 e. The number of carbonyl (C=O) groups is 2. The Kier molecular flexibility index (Phi) is 4.63. The fourth-order valence-electron chi connectivity index (χ4n) is 2.89. The Hall–Kier alpha value is -1.88. The Morgan fingerprint density at radius 3 is 2.62 bits per heavy atom. The molecule has 2 atom stereocenters. The van der Waals surface area contributed by atoms with E-state index in [0.717, 1.165) is 18.7 Å². The van der Waals surface area contributed by atoms with Crippen molar-refractivity contribution in [2.45, 2.75) is 13.5 Å². The summed E-state index contributed by atoms with van der Waals surface area (Å²) in [5, 5.41) is 0. The van der Waals surface area contributed by atoms with Crippen molar-refractivity contribution in [2.24, 2.45) is 17.6 Å². The fraction of sp³-hybridized carbons (Fsp3) is 0.500. The van der Waals surface area contributed by atoms with Gasteiger partial charge in [0, 0.05) is 39.3 Å². The number of primary amides is 1. The van der Waals surface area contributed by atoms with Gasteiger partial charge in [0.1, 0.15) is 0 Å². The van der Waals surface area contributed by atoms with Crippen molar-refractivity contribution in [2.75, 3.05) is 27.2 Å². The second-order valence-corrected chi connectivity index (χ2v) is 6.08. The number of amides is 2. The quantitative estimate of drug-likeness (QED) is 0.897. The van der Waals surface area contributed by atoms with Crippen molar-refractivity contribution in [3.05, 3.63) is 35.4 Å². The molecule has 1 heterocycles. The van der Waals surface area contributed by atoms with Crippen LogP contribution >= 0.6 is 0 Å². The van der Waals surface area contributed by atoms with Gasteiger partial charge in [-0.15, -0.1) is 0 Å². The summed E-state index contributed by atoms with van der Waals surface area (Å²) in [5.41, 5.74) is 7.20. The van der Waals surface area contributed by atoms with E-state index in [0.29, 0.717) is 12.1 Å². The minimum absolute atomic E-state index is 0.00153. The monoisotopic (exact) mass is 289 g/mol. The summed E-state index contributed by atoms with van der Waals surface area (Å²) < 4.78 is 0. The molecule has 1 aromatic carbocycles. The molecule has 2 rings (SSSR count). The molecule has 1 aliphatic heterocycles. The van der Waals surface area contributed by atoms with Gasteiger partial charge in [0.2, 0.25) is 5.91 Å². The molecule has 0 aliphatic carbocycles. The lowest BCUT2D eigenvalue weighted by Crippen LogP contribution is -2.29. The number of rotatable bonds is 4. The number of nitrogens with zero attached hydrogens (tertiary/aromatic N) is 2. The summed E-state index contributed by atoms with van der Waals surface area (Å²) in [6.07, 6.45) is 0. The van der Waals surface area contributed by atoms with Crippen LogP contribution in [0.15, 0.2) is 24.3 Å². The molecule has 0 aromatic heterocycles. The van der Waals surface area contributed by atoms with Crippen LogP contribution in [0.4, 0.5) is 0 Å². The summed E-state index contributed by atoms with van der Waals surface area (Å²) in [6.45, 7) is 4.35. The third-order valence-corrected chi connectivity index (χ3v) is 4.04. The fourth-order valence-corrected chi connectivity index (χ4v) is 2.89. The van der Waals surface area contributed by atoms with Gasteiger partial charge >= 0.3 is 0 Å². The minimum Gasteiger partial charge on any atom is -0.369 e. The lowest BCUT2D eigenvalue weighted by atomic mass is 9.98. The molecule has 0 saturated carbocycles. The van der Waals surface area contributed by atoms with E-state index < -0.39 is 0 Å². The zero-order valence-corrected chi connectivity index (χ0v) is 12.9. The summed E-state index contributed by atoms with van der Waals surface area (Å²) in [7, 11) is 3.49. The van der Waals surface area contributed by atoms with Gasteiger partial charge in [-0.3, -0.25) is 14.5 Å². The van der Waals surface area contributed by atoms with E-state index in [1.165, 1.54) is 0 Å². The zero-order valence-electron chi connectivity index (χ0n) is 12.9. The molecule has 0 bridgehead atoms. The van der Waals surface area contributed by atoms with Crippen molar-refractivity contribution >= 4 is 11.8 Å². The van der Waals surface area contributed by atoms with E-state index in [9.17, 15) is 9.59 Å². The molecule has 0 spiro atoms. The van der Waals surface area contributed by atoms with Gasteiger partial charge in [0.25, 0.3) is 5.91 Å². The Morgan fingerprint density at radius 2 is 2.05 bits per heavy atom. The highest BCUT2D eigenvalue weighted by Crippen LogP contribution is 2.24. The Morgan fingerprint density at radius 1 is 1.33 bits per heavy atom. The Labute approximate surface area is 125 Å². The van der Waals surface area contributed by atoms with Gasteiger partial charge in [0.15, 0.2) is 0 Å². The maximum Gasteiger partial charge on any atom is 0.253 e. The van der Waals surface area contributed by atoms with E-state index >= 15 is 0 Å². The molecule has 1 aliphatic rings. The second kappa shape index (κ2) is 6.26. The van der Waals surface area contributed by atoms with Crippen LogP contribution in [0, 0.1) is 11.8 Å². The first kappa shape index (κ1) is 15.5. The summed E-state index contributed by atoms with van der Waals surface area (Å²) in [5.74, 6) is -0.00568. The Bertz CT molecular complexity index is 542. The van der Waals surface area contributed by atoms with Crippen molar-refractivity contribution in [3.8, 4) is 0 Å². The molecule has 5 nitrogen and oxygen atoms in total. The number of hydrogen-bond donors (Lipinski definition) is 1. The SMILES string of the molecule is C[C@@H]1CN(Cc2cccc(C(=O)N(C)C)c2)C[C@H]1C(N)=O. The summed E-state index contributed by atoms with van der Waals surface area (Å²) >= 11 is 0. The first-order chi connectivity index (χ1) is 9.88. The average Bonchev–Trinajstić information content (AvgIpc) is 2.79. The van der Waals surface area contributed by atoms with Gasteiger partial charge < -0.3 is 10.6 Å². The smallest absolute Gasteiger partial charge is 0.253 e. The molecular formula is C16H23N3O2. The summed E-state index contributed by atoms with van der Waals surface area (Å²) in [6, 6.07) is 7.65. The third kappa shape index (κ3) is 3.61. The number of benzene rings is 1. The van der Waals surface area contributed by atoms with Crippen LogP contribution in [0.25, 0.3) is 0 Å². The normalized spacial score (nSPS) is 22.2. The van der Waals surface area contributed by atoms with Crippen LogP contribution in [-0.2, 0) is 11.3 Å². The summed E-state index contributed by atoms with van der Waals surface area (Å²) in [4.78, 5) is 27.1. The average molecular weight is 289 g/mol. The van der Waals surface area contributed by atoms with Crippen molar-refractivity contribution in [1.82, 2.24) is 9.80 Å². The van der Waals surface area contributed by atoms with Crippen molar-refractivity contribution in [3.63, 3.8) is 0 Å². The highest BCUT2D eigenvalue weighted by Gasteiger charge is 2.33. The molecule has 1 saturated heterocycles. The van der Waals surface area contributed by atoms with Crippen LogP contribution in [0.3, 0.4) is 0 Å². The van der Waals surface area contributed by atoms with E-state index in [2.05, 4.69) is 11.8 Å².